The number of carboxylic acid groups (broad SMARTS) is 1. The third-order valence-electron chi connectivity index (χ3n) is 3.91. The van der Waals surface area contributed by atoms with Gasteiger partial charge in [-0.15, -0.1) is 0 Å². The predicted molar refractivity (Wildman–Crippen MR) is 73.7 cm³/mol. The van der Waals surface area contributed by atoms with Crippen LogP contribution in [-0.4, -0.2) is 16.7 Å². The Hall–Kier alpha value is -1.81. The monoisotopic (exact) mass is 290 g/mol. The lowest BCUT2D eigenvalue weighted by atomic mass is 9.80. The van der Waals surface area contributed by atoms with Crippen molar-refractivity contribution in [1.82, 2.24) is 4.98 Å². The van der Waals surface area contributed by atoms with Gasteiger partial charge in [0.25, 0.3) is 0 Å². The van der Waals surface area contributed by atoms with E-state index in [0.717, 1.165) is 24.6 Å². The minimum atomic E-state index is -1.19. The van der Waals surface area contributed by atoms with Gasteiger partial charge < -0.3 is 14.9 Å². The van der Waals surface area contributed by atoms with Crippen molar-refractivity contribution in [2.75, 3.05) is 0 Å². The molecule has 1 saturated carbocycles. The topological polar surface area (TPSA) is 73.0 Å². The van der Waals surface area contributed by atoms with E-state index in [1.807, 2.05) is 0 Å². The van der Waals surface area contributed by atoms with Crippen LogP contribution in [0.3, 0.4) is 0 Å². The highest BCUT2D eigenvalue weighted by Gasteiger charge is 2.29. The number of carboxylic acids is 1. The minimum Gasteiger partial charge on any atom is -0.550 e. The number of Topliss-reactive ketones (excluding diaryl/α,β-unsaturated/α-hetero) is 1. The average Bonchev–Trinajstić information content (AvgIpc) is 2.64. The number of H-pyrrole nitrogens is 1. The normalized spacial score (nSPS) is 15.2. The summed E-state index contributed by atoms with van der Waals surface area (Å²) in [6, 6.07) is 5.13. The number of hydrogen-bond acceptors (Lipinski definition) is 3. The Labute approximate surface area is 120 Å². The molecular formula is C15H13ClNO3-. The van der Waals surface area contributed by atoms with Gasteiger partial charge in [-0.3, -0.25) is 4.79 Å². The van der Waals surface area contributed by atoms with Gasteiger partial charge in [0.2, 0.25) is 0 Å². The zero-order valence-corrected chi connectivity index (χ0v) is 11.5. The lowest BCUT2D eigenvalue weighted by molar-refractivity contribution is -0.304. The van der Waals surface area contributed by atoms with E-state index < -0.39 is 5.97 Å². The zero-order chi connectivity index (χ0) is 14.3. The van der Waals surface area contributed by atoms with Crippen molar-refractivity contribution < 1.29 is 14.7 Å². The van der Waals surface area contributed by atoms with Gasteiger partial charge in [0.15, 0.2) is 5.78 Å². The first kappa shape index (κ1) is 13.2. The van der Waals surface area contributed by atoms with Gasteiger partial charge in [0.1, 0.15) is 0 Å². The molecule has 104 valence electrons. The van der Waals surface area contributed by atoms with Crippen molar-refractivity contribution in [1.29, 1.82) is 0 Å². The van der Waals surface area contributed by atoms with Crippen molar-refractivity contribution in [2.24, 2.45) is 5.92 Å². The molecule has 1 aliphatic rings. The standard InChI is InChI=1S/C15H14ClNO3/c16-9-4-5-10-11(7-13(18)19)14(17-12(10)6-9)15(20)8-2-1-3-8/h4-6,8,17H,1-3,7H2,(H,18,19)/p-1. The first-order valence-corrected chi connectivity index (χ1v) is 6.98. The van der Waals surface area contributed by atoms with E-state index in [1.54, 1.807) is 18.2 Å². The Morgan fingerprint density at radius 2 is 2.10 bits per heavy atom. The number of ketones is 1. The Morgan fingerprint density at radius 1 is 1.35 bits per heavy atom. The average molecular weight is 291 g/mol. The highest BCUT2D eigenvalue weighted by Crippen LogP contribution is 2.33. The summed E-state index contributed by atoms with van der Waals surface area (Å²) in [6.07, 6.45) is 2.53. The predicted octanol–water partition coefficient (Wildman–Crippen LogP) is 2.10. The number of carbonyl (C=O) groups excluding carboxylic acids is 2. The van der Waals surface area contributed by atoms with Crippen LogP contribution in [0, 0.1) is 5.92 Å². The maximum atomic E-state index is 12.4. The van der Waals surface area contributed by atoms with E-state index in [2.05, 4.69) is 4.98 Å². The summed E-state index contributed by atoms with van der Waals surface area (Å²) in [5.74, 6) is -1.18. The molecule has 1 aromatic carbocycles. The Kier molecular flexibility index (Phi) is 3.26. The largest absolute Gasteiger partial charge is 0.550 e. The molecule has 1 N–H and O–H groups in total. The van der Waals surface area contributed by atoms with Crippen LogP contribution < -0.4 is 5.11 Å². The first-order chi connectivity index (χ1) is 9.56. The quantitative estimate of drug-likeness (QED) is 0.876. The molecule has 20 heavy (non-hydrogen) atoms. The van der Waals surface area contributed by atoms with Crippen molar-refractivity contribution in [3.05, 3.63) is 34.5 Å². The molecule has 1 aromatic heterocycles. The van der Waals surface area contributed by atoms with E-state index in [9.17, 15) is 14.7 Å². The summed E-state index contributed by atoms with van der Waals surface area (Å²) in [5.41, 5.74) is 1.60. The summed E-state index contributed by atoms with van der Waals surface area (Å²) in [6.45, 7) is 0. The third-order valence-corrected chi connectivity index (χ3v) is 4.15. The van der Waals surface area contributed by atoms with E-state index in [1.165, 1.54) is 0 Å². The van der Waals surface area contributed by atoms with E-state index in [0.29, 0.717) is 21.8 Å². The number of aromatic amines is 1. The number of aromatic nitrogens is 1. The van der Waals surface area contributed by atoms with Gasteiger partial charge in [-0.05, 0) is 30.5 Å². The molecule has 0 bridgehead atoms. The molecule has 0 radical (unpaired) electrons. The lowest BCUT2D eigenvalue weighted by Gasteiger charge is -2.23. The fraction of sp³-hybridized carbons (Fsp3) is 0.333. The molecule has 0 amide bonds. The van der Waals surface area contributed by atoms with Crippen LogP contribution in [0.25, 0.3) is 10.9 Å². The van der Waals surface area contributed by atoms with Gasteiger partial charge in [0, 0.05) is 34.2 Å². The second-order valence-corrected chi connectivity index (χ2v) is 5.65. The molecule has 2 aromatic rings. The first-order valence-electron chi connectivity index (χ1n) is 6.60. The van der Waals surface area contributed by atoms with Crippen molar-refractivity contribution in [3.63, 3.8) is 0 Å². The van der Waals surface area contributed by atoms with Crippen molar-refractivity contribution >= 4 is 34.3 Å². The Morgan fingerprint density at radius 3 is 2.70 bits per heavy atom. The molecule has 4 nitrogen and oxygen atoms in total. The molecule has 0 unspecified atom stereocenters. The maximum absolute atomic E-state index is 12.4. The number of rotatable bonds is 4. The van der Waals surface area contributed by atoms with Gasteiger partial charge in [-0.1, -0.05) is 24.1 Å². The number of nitrogens with one attached hydrogen (secondary N) is 1. The summed E-state index contributed by atoms with van der Waals surface area (Å²) < 4.78 is 0. The fourth-order valence-electron chi connectivity index (χ4n) is 2.64. The molecule has 0 aliphatic heterocycles. The number of halogens is 1. The number of carbonyl (C=O) groups is 2. The van der Waals surface area contributed by atoms with Crippen molar-refractivity contribution in [3.8, 4) is 0 Å². The van der Waals surface area contributed by atoms with Crippen LogP contribution in [0.5, 0.6) is 0 Å². The second-order valence-electron chi connectivity index (χ2n) is 5.21. The van der Waals surface area contributed by atoms with Gasteiger partial charge in [-0.2, -0.15) is 0 Å². The van der Waals surface area contributed by atoms with Gasteiger partial charge >= 0.3 is 0 Å². The van der Waals surface area contributed by atoms with E-state index >= 15 is 0 Å². The Bertz CT molecular complexity index is 700. The van der Waals surface area contributed by atoms with E-state index in [4.69, 9.17) is 11.6 Å². The van der Waals surface area contributed by atoms with Gasteiger partial charge in [-0.25, -0.2) is 0 Å². The minimum absolute atomic E-state index is 0.000164. The van der Waals surface area contributed by atoms with Crippen LogP contribution in [-0.2, 0) is 11.2 Å². The van der Waals surface area contributed by atoms with Crippen LogP contribution in [0.15, 0.2) is 18.2 Å². The van der Waals surface area contributed by atoms with Crippen LogP contribution >= 0.6 is 11.6 Å². The molecule has 0 saturated heterocycles. The zero-order valence-electron chi connectivity index (χ0n) is 10.7. The maximum Gasteiger partial charge on any atom is 0.182 e. The summed E-state index contributed by atoms with van der Waals surface area (Å²) >= 11 is 5.93. The third kappa shape index (κ3) is 2.20. The van der Waals surface area contributed by atoms with Crippen LogP contribution in [0.1, 0.15) is 35.3 Å². The number of aliphatic carboxylic acids is 1. The molecule has 1 aliphatic carbocycles. The molecular weight excluding hydrogens is 278 g/mol. The van der Waals surface area contributed by atoms with Gasteiger partial charge in [0.05, 0.1) is 5.69 Å². The fourth-order valence-corrected chi connectivity index (χ4v) is 2.81. The molecule has 1 heterocycles. The molecule has 5 heteroatoms. The highest BCUT2D eigenvalue weighted by atomic mass is 35.5. The molecule has 1 fully saturated rings. The second kappa shape index (κ2) is 4.94. The van der Waals surface area contributed by atoms with E-state index in [-0.39, 0.29) is 18.1 Å². The molecule has 3 rings (SSSR count). The Balaban J connectivity index is 2.12. The number of fused-ring (bicyclic) bond motifs is 1. The summed E-state index contributed by atoms with van der Waals surface area (Å²) in [7, 11) is 0. The highest BCUT2D eigenvalue weighted by molar-refractivity contribution is 6.31. The number of hydrogen-bond donors (Lipinski definition) is 1. The lowest BCUT2D eigenvalue weighted by Crippen LogP contribution is -2.27. The van der Waals surface area contributed by atoms with Crippen molar-refractivity contribution in [2.45, 2.75) is 25.7 Å². The number of benzene rings is 1. The molecule has 0 spiro atoms. The van der Waals surface area contributed by atoms with Crippen LogP contribution in [0.4, 0.5) is 0 Å². The molecule has 0 atom stereocenters. The van der Waals surface area contributed by atoms with Crippen LogP contribution in [0.2, 0.25) is 5.02 Å². The smallest absolute Gasteiger partial charge is 0.182 e. The summed E-state index contributed by atoms with van der Waals surface area (Å²) in [5, 5.41) is 12.2. The SMILES string of the molecule is O=C([O-])Cc1c(C(=O)C2CCC2)[nH]c2cc(Cl)ccc12. The summed E-state index contributed by atoms with van der Waals surface area (Å²) in [4.78, 5) is 26.4.